The standard InChI is InChI=1S/C25H32N6O2/c1-29(16-20-6-10-26-11-7-20)24(15-21-4-3-5-23(14-21)33-2)22-8-12-30(13-9-22)25(32)17-31-19-27-18-28-31/h3-7,10-11,14,18-19,22,24H,8-9,12-13,15-17H2,1-2H3. The number of rotatable bonds is 9. The van der Waals surface area contributed by atoms with Gasteiger partial charge in [0.25, 0.3) is 0 Å². The van der Waals surface area contributed by atoms with Crippen LogP contribution in [0.25, 0.3) is 0 Å². The number of pyridine rings is 1. The Bertz CT molecular complexity index is 1000. The van der Waals surface area contributed by atoms with Gasteiger partial charge in [-0.25, -0.2) is 9.67 Å². The zero-order valence-corrected chi connectivity index (χ0v) is 19.4. The second-order valence-corrected chi connectivity index (χ2v) is 8.70. The maximum Gasteiger partial charge on any atom is 0.244 e. The van der Waals surface area contributed by atoms with Crippen molar-refractivity contribution in [2.24, 2.45) is 5.92 Å². The summed E-state index contributed by atoms with van der Waals surface area (Å²) in [6, 6.07) is 12.8. The molecule has 4 rings (SSSR count). The number of carbonyl (C=O) groups excluding carboxylic acids is 1. The fourth-order valence-electron chi connectivity index (χ4n) is 4.70. The Balaban J connectivity index is 1.44. The number of carbonyl (C=O) groups is 1. The van der Waals surface area contributed by atoms with Crippen molar-refractivity contribution in [2.75, 3.05) is 27.2 Å². The molecular weight excluding hydrogens is 416 g/mol. The molecule has 33 heavy (non-hydrogen) atoms. The number of hydrogen-bond acceptors (Lipinski definition) is 6. The van der Waals surface area contributed by atoms with Crippen LogP contribution in [0.3, 0.4) is 0 Å². The molecule has 1 fully saturated rings. The van der Waals surface area contributed by atoms with Crippen LogP contribution in [0.2, 0.25) is 0 Å². The van der Waals surface area contributed by atoms with Crippen LogP contribution in [0.1, 0.15) is 24.0 Å². The molecule has 1 aliphatic heterocycles. The summed E-state index contributed by atoms with van der Waals surface area (Å²) < 4.78 is 7.03. The summed E-state index contributed by atoms with van der Waals surface area (Å²) in [4.78, 5) is 25.2. The van der Waals surface area contributed by atoms with E-state index in [1.54, 1.807) is 18.1 Å². The van der Waals surface area contributed by atoms with Gasteiger partial charge in [0.15, 0.2) is 0 Å². The quantitative estimate of drug-likeness (QED) is 0.501. The Morgan fingerprint density at radius 2 is 1.94 bits per heavy atom. The Labute approximate surface area is 195 Å². The zero-order valence-electron chi connectivity index (χ0n) is 19.4. The molecule has 0 radical (unpaired) electrons. The van der Waals surface area contributed by atoms with E-state index in [9.17, 15) is 4.79 Å². The lowest BCUT2D eigenvalue weighted by atomic mass is 9.84. The predicted octanol–water partition coefficient (Wildman–Crippen LogP) is 2.66. The average molecular weight is 449 g/mol. The van der Waals surface area contributed by atoms with E-state index in [4.69, 9.17) is 4.74 Å². The van der Waals surface area contributed by atoms with Gasteiger partial charge >= 0.3 is 0 Å². The van der Waals surface area contributed by atoms with E-state index >= 15 is 0 Å². The van der Waals surface area contributed by atoms with E-state index in [0.717, 1.165) is 44.6 Å². The highest BCUT2D eigenvalue weighted by atomic mass is 16.5. The number of ether oxygens (including phenoxy) is 1. The molecular formula is C25H32N6O2. The van der Waals surface area contributed by atoms with Crippen LogP contribution in [0.15, 0.2) is 61.4 Å². The van der Waals surface area contributed by atoms with E-state index in [-0.39, 0.29) is 12.5 Å². The van der Waals surface area contributed by atoms with Crippen LogP contribution in [0.5, 0.6) is 5.75 Å². The molecule has 1 aliphatic rings. The summed E-state index contributed by atoms with van der Waals surface area (Å²) in [5.41, 5.74) is 2.52. The Kier molecular flexibility index (Phi) is 7.67. The first-order valence-corrected chi connectivity index (χ1v) is 11.4. The fourth-order valence-corrected chi connectivity index (χ4v) is 4.70. The number of nitrogens with zero attached hydrogens (tertiary/aromatic N) is 6. The van der Waals surface area contributed by atoms with Gasteiger partial charge in [-0.05, 0) is 67.6 Å². The van der Waals surface area contributed by atoms with Crippen LogP contribution in [-0.2, 0) is 24.3 Å². The number of likely N-dealkylation sites (N-methyl/N-ethyl adjacent to an activating group) is 1. The summed E-state index contributed by atoms with van der Waals surface area (Å²) in [5, 5.41) is 4.05. The third-order valence-electron chi connectivity index (χ3n) is 6.53. The summed E-state index contributed by atoms with van der Waals surface area (Å²) in [5.74, 6) is 1.49. The molecule has 0 bridgehead atoms. The van der Waals surface area contributed by atoms with Gasteiger partial charge in [0.2, 0.25) is 5.91 Å². The minimum absolute atomic E-state index is 0.105. The van der Waals surface area contributed by atoms with Gasteiger partial charge in [0.05, 0.1) is 7.11 Å². The Morgan fingerprint density at radius 3 is 2.64 bits per heavy atom. The molecule has 2 aromatic heterocycles. The lowest BCUT2D eigenvalue weighted by Gasteiger charge is -2.40. The summed E-state index contributed by atoms with van der Waals surface area (Å²) >= 11 is 0. The minimum atomic E-state index is 0.105. The second-order valence-electron chi connectivity index (χ2n) is 8.70. The van der Waals surface area contributed by atoms with Crippen LogP contribution >= 0.6 is 0 Å². The van der Waals surface area contributed by atoms with Crippen LogP contribution in [-0.4, -0.2) is 68.7 Å². The van der Waals surface area contributed by atoms with Gasteiger partial charge in [-0.2, -0.15) is 5.10 Å². The van der Waals surface area contributed by atoms with Gasteiger partial charge in [0, 0.05) is 38.1 Å². The molecule has 1 unspecified atom stereocenters. The molecule has 0 N–H and O–H groups in total. The smallest absolute Gasteiger partial charge is 0.244 e. The van der Waals surface area contributed by atoms with E-state index in [1.807, 2.05) is 23.4 Å². The van der Waals surface area contributed by atoms with Crippen molar-refractivity contribution in [1.29, 1.82) is 0 Å². The minimum Gasteiger partial charge on any atom is -0.497 e. The number of piperidine rings is 1. The van der Waals surface area contributed by atoms with E-state index in [2.05, 4.69) is 57.3 Å². The number of benzene rings is 1. The molecule has 0 spiro atoms. The van der Waals surface area contributed by atoms with Crippen molar-refractivity contribution in [3.05, 3.63) is 72.6 Å². The zero-order chi connectivity index (χ0) is 23.0. The van der Waals surface area contributed by atoms with E-state index in [1.165, 1.54) is 17.5 Å². The summed E-state index contributed by atoms with van der Waals surface area (Å²) in [6.07, 6.45) is 9.65. The van der Waals surface area contributed by atoms with Gasteiger partial charge in [-0.1, -0.05) is 12.1 Å². The van der Waals surface area contributed by atoms with Crippen LogP contribution in [0, 0.1) is 5.92 Å². The highest BCUT2D eigenvalue weighted by molar-refractivity contribution is 5.75. The normalized spacial score (nSPS) is 15.5. The molecule has 1 aromatic carbocycles. The first-order valence-electron chi connectivity index (χ1n) is 11.4. The number of methoxy groups -OCH3 is 1. The maximum absolute atomic E-state index is 12.7. The van der Waals surface area contributed by atoms with Crippen molar-refractivity contribution in [3.63, 3.8) is 0 Å². The van der Waals surface area contributed by atoms with Crippen LogP contribution < -0.4 is 4.74 Å². The molecule has 1 saturated heterocycles. The SMILES string of the molecule is COc1cccc(CC(C2CCN(C(=O)Cn3cncn3)CC2)N(C)Cc2ccncc2)c1. The highest BCUT2D eigenvalue weighted by Crippen LogP contribution is 2.28. The fraction of sp³-hybridized carbons (Fsp3) is 0.440. The first-order chi connectivity index (χ1) is 16.1. The van der Waals surface area contributed by atoms with Gasteiger partial charge in [-0.15, -0.1) is 0 Å². The number of amides is 1. The molecule has 8 nitrogen and oxygen atoms in total. The average Bonchev–Trinajstić information content (AvgIpc) is 3.36. The van der Waals surface area contributed by atoms with Gasteiger partial charge in [0.1, 0.15) is 24.9 Å². The molecule has 3 aromatic rings. The van der Waals surface area contributed by atoms with Gasteiger partial charge < -0.3 is 9.64 Å². The highest BCUT2D eigenvalue weighted by Gasteiger charge is 2.31. The largest absolute Gasteiger partial charge is 0.497 e. The predicted molar refractivity (Wildman–Crippen MR) is 126 cm³/mol. The third-order valence-corrected chi connectivity index (χ3v) is 6.53. The Morgan fingerprint density at radius 1 is 1.15 bits per heavy atom. The van der Waals surface area contributed by atoms with E-state index < -0.39 is 0 Å². The second kappa shape index (κ2) is 11.0. The lowest BCUT2D eigenvalue weighted by molar-refractivity contribution is -0.133. The van der Waals surface area contributed by atoms with Crippen molar-refractivity contribution >= 4 is 5.91 Å². The molecule has 1 amide bonds. The molecule has 0 aliphatic carbocycles. The van der Waals surface area contributed by atoms with Gasteiger partial charge in [-0.3, -0.25) is 14.7 Å². The van der Waals surface area contributed by atoms with Crippen molar-refractivity contribution in [3.8, 4) is 5.75 Å². The number of likely N-dealkylation sites (tertiary alicyclic amines) is 1. The summed E-state index contributed by atoms with van der Waals surface area (Å²) in [7, 11) is 3.91. The number of hydrogen-bond donors (Lipinski definition) is 0. The monoisotopic (exact) mass is 448 g/mol. The summed E-state index contributed by atoms with van der Waals surface area (Å²) in [6.45, 7) is 2.66. The number of aromatic nitrogens is 4. The topological polar surface area (TPSA) is 76.4 Å². The molecule has 8 heteroatoms. The van der Waals surface area contributed by atoms with E-state index in [0.29, 0.717) is 12.0 Å². The lowest BCUT2D eigenvalue weighted by Crippen LogP contribution is -2.47. The van der Waals surface area contributed by atoms with Crippen molar-refractivity contribution in [1.82, 2.24) is 29.5 Å². The van der Waals surface area contributed by atoms with Crippen molar-refractivity contribution in [2.45, 2.75) is 38.4 Å². The van der Waals surface area contributed by atoms with Crippen LogP contribution in [0.4, 0.5) is 0 Å². The first kappa shape index (κ1) is 22.9. The molecule has 0 saturated carbocycles. The molecule has 174 valence electrons. The Hall–Kier alpha value is -3.26. The molecule has 1 atom stereocenters. The maximum atomic E-state index is 12.7. The molecule has 3 heterocycles. The third kappa shape index (κ3) is 6.16. The van der Waals surface area contributed by atoms with Crippen molar-refractivity contribution < 1.29 is 9.53 Å².